The summed E-state index contributed by atoms with van der Waals surface area (Å²) in [5.41, 5.74) is 2.11. The fourth-order valence-corrected chi connectivity index (χ4v) is 2.15. The van der Waals surface area contributed by atoms with Gasteiger partial charge >= 0.3 is 0 Å². The van der Waals surface area contributed by atoms with Gasteiger partial charge in [-0.1, -0.05) is 31.2 Å². The highest BCUT2D eigenvalue weighted by molar-refractivity contribution is 6.07. The van der Waals surface area contributed by atoms with Crippen LogP contribution in [-0.2, 0) is 6.42 Å². The summed E-state index contributed by atoms with van der Waals surface area (Å²) >= 11 is 0. The molecule has 0 atom stereocenters. The number of benzene rings is 2. The monoisotopic (exact) mass is 284 g/mol. The fourth-order valence-electron chi connectivity index (χ4n) is 2.15. The molecule has 0 unspecified atom stereocenters. The van der Waals surface area contributed by atoms with Crippen molar-refractivity contribution in [3.63, 3.8) is 0 Å². The predicted molar refractivity (Wildman–Crippen MR) is 81.6 cm³/mol. The molecular weight excluding hydrogens is 268 g/mol. The molecule has 5 nitrogen and oxygen atoms in total. The first-order valence-electron chi connectivity index (χ1n) is 6.67. The Labute approximate surface area is 122 Å². The number of rotatable bonds is 4. The molecular formula is C16H16N2O3. The third kappa shape index (κ3) is 3.25. The number of carbonyl (C=O) groups is 1. The molecule has 5 heteroatoms. The van der Waals surface area contributed by atoms with Crippen LogP contribution in [0.5, 0.6) is 0 Å². The number of carbonyl (C=O) groups excluding carboxylic acids is 1. The lowest BCUT2D eigenvalue weighted by molar-refractivity contribution is -0.385. The Kier molecular flexibility index (Phi) is 4.33. The first-order chi connectivity index (χ1) is 10.0. The lowest BCUT2D eigenvalue weighted by Gasteiger charge is -2.08. The summed E-state index contributed by atoms with van der Waals surface area (Å²) in [5.74, 6) is -0.473. The van der Waals surface area contributed by atoms with Gasteiger partial charge in [0.05, 0.1) is 4.92 Å². The van der Waals surface area contributed by atoms with Gasteiger partial charge in [0.15, 0.2) is 0 Å². The Bertz CT molecular complexity index is 696. The average molecular weight is 284 g/mol. The smallest absolute Gasteiger partial charge is 0.285 e. The number of nitro groups is 1. The topological polar surface area (TPSA) is 72.2 Å². The summed E-state index contributed by atoms with van der Waals surface area (Å²) in [6.07, 6.45) is 0.855. The van der Waals surface area contributed by atoms with Crippen molar-refractivity contribution in [2.75, 3.05) is 5.32 Å². The summed E-state index contributed by atoms with van der Waals surface area (Å²) in [6.45, 7) is 3.64. The van der Waals surface area contributed by atoms with Crippen LogP contribution >= 0.6 is 0 Å². The highest BCUT2D eigenvalue weighted by Crippen LogP contribution is 2.24. The second-order valence-electron chi connectivity index (χ2n) is 4.74. The van der Waals surface area contributed by atoms with Crippen LogP contribution in [0.3, 0.4) is 0 Å². The zero-order valence-electron chi connectivity index (χ0n) is 11.9. The van der Waals surface area contributed by atoms with E-state index in [1.54, 1.807) is 25.1 Å². The maximum Gasteiger partial charge on any atom is 0.285 e. The molecule has 1 N–H and O–H groups in total. The van der Waals surface area contributed by atoms with Crippen LogP contribution in [0.4, 0.5) is 11.4 Å². The minimum absolute atomic E-state index is 0.0712. The molecule has 0 spiro atoms. The van der Waals surface area contributed by atoms with Gasteiger partial charge in [-0.25, -0.2) is 0 Å². The standard InChI is InChI=1S/C16H16N2O3/c1-3-12-7-5-8-13(10-12)17-16(19)14-9-4-6-11(2)15(14)18(20)21/h4-10H,3H2,1-2H3,(H,17,19). The lowest BCUT2D eigenvalue weighted by Crippen LogP contribution is -2.14. The van der Waals surface area contributed by atoms with Gasteiger partial charge in [0.1, 0.15) is 5.56 Å². The van der Waals surface area contributed by atoms with E-state index in [2.05, 4.69) is 5.32 Å². The van der Waals surface area contributed by atoms with Crippen molar-refractivity contribution in [2.24, 2.45) is 0 Å². The first kappa shape index (κ1) is 14.7. The van der Waals surface area contributed by atoms with Crippen molar-refractivity contribution >= 4 is 17.3 Å². The van der Waals surface area contributed by atoms with Crippen LogP contribution in [0.25, 0.3) is 0 Å². The van der Waals surface area contributed by atoms with Crippen molar-refractivity contribution < 1.29 is 9.72 Å². The van der Waals surface area contributed by atoms with Gasteiger partial charge in [0.2, 0.25) is 0 Å². The first-order valence-corrected chi connectivity index (χ1v) is 6.67. The van der Waals surface area contributed by atoms with Crippen LogP contribution in [-0.4, -0.2) is 10.8 Å². The minimum Gasteiger partial charge on any atom is -0.322 e. The molecule has 0 aliphatic carbocycles. The second-order valence-corrected chi connectivity index (χ2v) is 4.74. The molecule has 0 fully saturated rings. The van der Waals surface area contributed by atoms with E-state index in [-0.39, 0.29) is 11.3 Å². The Morgan fingerprint density at radius 2 is 1.95 bits per heavy atom. The van der Waals surface area contributed by atoms with Gasteiger partial charge < -0.3 is 5.32 Å². The third-order valence-electron chi connectivity index (χ3n) is 3.26. The number of anilines is 1. The van der Waals surface area contributed by atoms with Crippen molar-refractivity contribution in [1.29, 1.82) is 0 Å². The number of para-hydroxylation sites is 1. The van der Waals surface area contributed by atoms with Gasteiger partial charge in [0.25, 0.3) is 11.6 Å². The van der Waals surface area contributed by atoms with E-state index in [0.717, 1.165) is 12.0 Å². The van der Waals surface area contributed by atoms with Crippen LogP contribution < -0.4 is 5.32 Å². The van der Waals surface area contributed by atoms with Crippen molar-refractivity contribution in [3.05, 3.63) is 69.3 Å². The molecule has 2 aromatic carbocycles. The molecule has 2 rings (SSSR count). The van der Waals surface area contributed by atoms with E-state index in [1.807, 2.05) is 25.1 Å². The Balaban J connectivity index is 2.32. The number of aryl methyl sites for hydroxylation is 2. The largest absolute Gasteiger partial charge is 0.322 e. The molecule has 0 aliphatic rings. The predicted octanol–water partition coefficient (Wildman–Crippen LogP) is 3.72. The van der Waals surface area contributed by atoms with E-state index in [0.29, 0.717) is 11.3 Å². The summed E-state index contributed by atoms with van der Waals surface area (Å²) in [6, 6.07) is 12.2. The zero-order valence-corrected chi connectivity index (χ0v) is 11.9. The van der Waals surface area contributed by atoms with E-state index >= 15 is 0 Å². The van der Waals surface area contributed by atoms with Crippen molar-refractivity contribution in [2.45, 2.75) is 20.3 Å². The van der Waals surface area contributed by atoms with Gasteiger partial charge in [-0.15, -0.1) is 0 Å². The fraction of sp³-hybridized carbons (Fsp3) is 0.188. The maximum atomic E-state index is 12.3. The number of amides is 1. The Morgan fingerprint density at radius 3 is 2.62 bits per heavy atom. The summed E-state index contributed by atoms with van der Waals surface area (Å²) in [5, 5.41) is 13.8. The van der Waals surface area contributed by atoms with Crippen LogP contribution in [0.15, 0.2) is 42.5 Å². The summed E-state index contributed by atoms with van der Waals surface area (Å²) < 4.78 is 0. The number of nitrogens with one attached hydrogen (secondary N) is 1. The quantitative estimate of drug-likeness (QED) is 0.687. The van der Waals surface area contributed by atoms with E-state index in [9.17, 15) is 14.9 Å². The summed E-state index contributed by atoms with van der Waals surface area (Å²) in [7, 11) is 0. The molecule has 0 heterocycles. The Hall–Kier alpha value is -2.69. The number of nitro benzene ring substituents is 1. The minimum atomic E-state index is -0.521. The zero-order chi connectivity index (χ0) is 15.4. The van der Waals surface area contributed by atoms with E-state index < -0.39 is 10.8 Å². The van der Waals surface area contributed by atoms with Crippen molar-refractivity contribution in [3.8, 4) is 0 Å². The average Bonchev–Trinajstić information content (AvgIpc) is 2.46. The van der Waals surface area contributed by atoms with Gasteiger partial charge in [0, 0.05) is 11.3 Å². The van der Waals surface area contributed by atoms with Crippen LogP contribution in [0, 0.1) is 17.0 Å². The Morgan fingerprint density at radius 1 is 1.24 bits per heavy atom. The second kappa shape index (κ2) is 6.17. The van der Waals surface area contributed by atoms with Gasteiger partial charge in [-0.3, -0.25) is 14.9 Å². The van der Waals surface area contributed by atoms with Gasteiger partial charge in [-0.2, -0.15) is 0 Å². The number of hydrogen-bond acceptors (Lipinski definition) is 3. The molecule has 0 aliphatic heterocycles. The van der Waals surface area contributed by atoms with E-state index in [4.69, 9.17) is 0 Å². The molecule has 21 heavy (non-hydrogen) atoms. The number of hydrogen-bond donors (Lipinski definition) is 1. The third-order valence-corrected chi connectivity index (χ3v) is 3.26. The maximum absolute atomic E-state index is 12.3. The van der Waals surface area contributed by atoms with Crippen molar-refractivity contribution in [1.82, 2.24) is 0 Å². The lowest BCUT2D eigenvalue weighted by atomic mass is 10.1. The van der Waals surface area contributed by atoms with Crippen LogP contribution in [0.2, 0.25) is 0 Å². The molecule has 108 valence electrons. The van der Waals surface area contributed by atoms with E-state index in [1.165, 1.54) is 6.07 Å². The molecule has 0 saturated carbocycles. The highest BCUT2D eigenvalue weighted by atomic mass is 16.6. The normalized spacial score (nSPS) is 10.2. The molecule has 1 amide bonds. The molecule has 0 saturated heterocycles. The SMILES string of the molecule is CCc1cccc(NC(=O)c2cccc(C)c2[N+](=O)[O-])c1. The summed E-state index contributed by atoms with van der Waals surface area (Å²) in [4.78, 5) is 22.9. The highest BCUT2D eigenvalue weighted by Gasteiger charge is 2.22. The van der Waals surface area contributed by atoms with Crippen LogP contribution in [0.1, 0.15) is 28.4 Å². The van der Waals surface area contributed by atoms with Gasteiger partial charge in [-0.05, 0) is 37.1 Å². The molecule has 2 aromatic rings. The molecule has 0 bridgehead atoms. The molecule has 0 aromatic heterocycles. The molecule has 0 radical (unpaired) electrons. The number of nitrogens with zero attached hydrogens (tertiary/aromatic N) is 1.